The summed E-state index contributed by atoms with van der Waals surface area (Å²) in [4.78, 5) is 27.2. The molecule has 1 heterocycles. The van der Waals surface area contributed by atoms with E-state index in [2.05, 4.69) is 15.6 Å². The topological polar surface area (TPSA) is 67.4 Å². The normalized spacial score (nSPS) is 13.9. The number of benzene rings is 1. The minimum Gasteiger partial charge on any atom is -0.326 e. The molecule has 2 rings (SSSR count). The SMILES string of the molecule is CONC(=O)c1ccc2c(c1)CCC(=O)N2. The van der Waals surface area contributed by atoms with Crippen LogP contribution in [-0.2, 0) is 16.1 Å². The molecule has 1 aliphatic rings. The molecule has 0 aliphatic carbocycles. The van der Waals surface area contributed by atoms with Crippen LogP contribution in [0.1, 0.15) is 22.3 Å². The lowest BCUT2D eigenvalue weighted by molar-refractivity contribution is -0.116. The van der Waals surface area contributed by atoms with Gasteiger partial charge in [0.1, 0.15) is 0 Å². The molecule has 2 amide bonds. The van der Waals surface area contributed by atoms with Gasteiger partial charge in [0.15, 0.2) is 0 Å². The van der Waals surface area contributed by atoms with Crippen LogP contribution >= 0.6 is 0 Å². The molecule has 0 unspecified atom stereocenters. The fraction of sp³-hybridized carbons (Fsp3) is 0.273. The smallest absolute Gasteiger partial charge is 0.274 e. The first-order chi connectivity index (χ1) is 7.70. The molecule has 5 heteroatoms. The van der Waals surface area contributed by atoms with Gasteiger partial charge in [-0.2, -0.15) is 0 Å². The minimum absolute atomic E-state index is 0.0154. The van der Waals surface area contributed by atoms with Crippen molar-refractivity contribution in [2.75, 3.05) is 12.4 Å². The predicted octanol–water partition coefficient (Wildman–Crippen LogP) is 0.863. The van der Waals surface area contributed by atoms with E-state index < -0.39 is 0 Å². The predicted molar refractivity (Wildman–Crippen MR) is 57.9 cm³/mol. The number of fused-ring (bicyclic) bond motifs is 1. The molecule has 5 nitrogen and oxygen atoms in total. The maximum atomic E-state index is 11.5. The average Bonchev–Trinajstić information content (AvgIpc) is 2.28. The third kappa shape index (κ3) is 2.04. The van der Waals surface area contributed by atoms with Crippen LogP contribution in [0.5, 0.6) is 0 Å². The third-order valence-corrected chi connectivity index (χ3v) is 2.46. The quantitative estimate of drug-likeness (QED) is 0.726. The number of anilines is 1. The third-order valence-electron chi connectivity index (χ3n) is 2.46. The summed E-state index contributed by atoms with van der Waals surface area (Å²) in [6.07, 6.45) is 1.12. The second-order valence-corrected chi connectivity index (χ2v) is 3.56. The van der Waals surface area contributed by atoms with E-state index in [1.807, 2.05) is 0 Å². The van der Waals surface area contributed by atoms with Gasteiger partial charge in [0.2, 0.25) is 5.91 Å². The van der Waals surface area contributed by atoms with Crippen LogP contribution in [0.3, 0.4) is 0 Å². The Labute approximate surface area is 92.7 Å². The van der Waals surface area contributed by atoms with Crippen LogP contribution in [0.2, 0.25) is 0 Å². The molecule has 0 radical (unpaired) electrons. The summed E-state index contributed by atoms with van der Waals surface area (Å²) in [7, 11) is 1.39. The summed E-state index contributed by atoms with van der Waals surface area (Å²) in [6.45, 7) is 0. The first kappa shape index (κ1) is 10.6. The molecular weight excluding hydrogens is 208 g/mol. The van der Waals surface area contributed by atoms with Crippen LogP contribution in [-0.4, -0.2) is 18.9 Å². The van der Waals surface area contributed by atoms with Crippen molar-refractivity contribution in [1.29, 1.82) is 0 Å². The number of rotatable bonds is 2. The van der Waals surface area contributed by atoms with Crippen molar-refractivity contribution in [3.63, 3.8) is 0 Å². The zero-order valence-corrected chi connectivity index (χ0v) is 8.87. The Kier molecular flexibility index (Phi) is 2.87. The molecule has 0 fully saturated rings. The average molecular weight is 220 g/mol. The van der Waals surface area contributed by atoms with Crippen molar-refractivity contribution in [1.82, 2.24) is 5.48 Å². The molecule has 2 N–H and O–H groups in total. The highest BCUT2D eigenvalue weighted by Gasteiger charge is 2.16. The van der Waals surface area contributed by atoms with Crippen molar-refractivity contribution < 1.29 is 14.4 Å². The van der Waals surface area contributed by atoms with Gasteiger partial charge in [-0.3, -0.25) is 14.4 Å². The molecule has 84 valence electrons. The van der Waals surface area contributed by atoms with E-state index in [9.17, 15) is 9.59 Å². The molecule has 0 saturated heterocycles. The number of carbonyl (C=O) groups is 2. The summed E-state index contributed by atoms with van der Waals surface area (Å²) in [6, 6.07) is 5.15. The van der Waals surface area contributed by atoms with E-state index in [1.165, 1.54) is 7.11 Å². The van der Waals surface area contributed by atoms with Crippen molar-refractivity contribution >= 4 is 17.5 Å². The van der Waals surface area contributed by atoms with Gasteiger partial charge >= 0.3 is 0 Å². The van der Waals surface area contributed by atoms with Gasteiger partial charge in [-0.15, -0.1) is 0 Å². The van der Waals surface area contributed by atoms with Crippen LogP contribution < -0.4 is 10.8 Å². The molecular formula is C11H12N2O3. The summed E-state index contributed by atoms with van der Waals surface area (Å²) in [5.41, 5.74) is 4.53. The summed E-state index contributed by atoms with van der Waals surface area (Å²) >= 11 is 0. The number of aryl methyl sites for hydroxylation is 1. The van der Waals surface area contributed by atoms with Gasteiger partial charge in [0.25, 0.3) is 5.91 Å². The van der Waals surface area contributed by atoms with Gasteiger partial charge in [0.05, 0.1) is 7.11 Å². The second kappa shape index (κ2) is 4.32. The van der Waals surface area contributed by atoms with Gasteiger partial charge in [0, 0.05) is 17.7 Å². The Morgan fingerprint density at radius 2 is 2.25 bits per heavy atom. The maximum Gasteiger partial charge on any atom is 0.274 e. The van der Waals surface area contributed by atoms with Gasteiger partial charge < -0.3 is 5.32 Å². The lowest BCUT2D eigenvalue weighted by atomic mass is 10.0. The number of hydrogen-bond donors (Lipinski definition) is 2. The molecule has 16 heavy (non-hydrogen) atoms. The van der Waals surface area contributed by atoms with Crippen LogP contribution in [0.25, 0.3) is 0 Å². The number of nitrogens with one attached hydrogen (secondary N) is 2. The number of hydroxylamine groups is 1. The maximum absolute atomic E-state index is 11.5. The molecule has 1 aromatic carbocycles. The first-order valence-electron chi connectivity index (χ1n) is 4.97. The van der Waals surface area contributed by atoms with Crippen LogP contribution in [0.15, 0.2) is 18.2 Å². The highest BCUT2D eigenvalue weighted by molar-refractivity contribution is 5.97. The Balaban J connectivity index is 2.26. The van der Waals surface area contributed by atoms with Gasteiger partial charge in [-0.05, 0) is 30.2 Å². The lowest BCUT2D eigenvalue weighted by Gasteiger charge is -2.17. The second-order valence-electron chi connectivity index (χ2n) is 3.56. The monoisotopic (exact) mass is 220 g/mol. The molecule has 0 bridgehead atoms. The van der Waals surface area contributed by atoms with E-state index in [1.54, 1.807) is 18.2 Å². The highest BCUT2D eigenvalue weighted by atomic mass is 16.6. The van der Waals surface area contributed by atoms with E-state index in [0.717, 1.165) is 11.3 Å². The molecule has 0 spiro atoms. The molecule has 1 aromatic rings. The van der Waals surface area contributed by atoms with Crippen molar-refractivity contribution in [3.05, 3.63) is 29.3 Å². The van der Waals surface area contributed by atoms with Crippen molar-refractivity contribution in [3.8, 4) is 0 Å². The minimum atomic E-state index is -0.290. The fourth-order valence-corrected chi connectivity index (χ4v) is 1.68. The molecule has 0 saturated carbocycles. The van der Waals surface area contributed by atoms with Gasteiger partial charge in [-0.25, -0.2) is 5.48 Å². The summed E-state index contributed by atoms with van der Waals surface area (Å²) in [5.74, 6) is -0.274. The Bertz CT molecular complexity index is 443. The first-order valence-corrected chi connectivity index (χ1v) is 4.97. The van der Waals surface area contributed by atoms with Crippen LogP contribution in [0, 0.1) is 0 Å². The summed E-state index contributed by atoms with van der Waals surface area (Å²) < 4.78 is 0. The fourth-order valence-electron chi connectivity index (χ4n) is 1.68. The van der Waals surface area contributed by atoms with E-state index in [-0.39, 0.29) is 11.8 Å². The zero-order chi connectivity index (χ0) is 11.5. The summed E-state index contributed by atoms with van der Waals surface area (Å²) in [5, 5.41) is 2.76. The number of carbonyl (C=O) groups excluding carboxylic acids is 2. The lowest BCUT2D eigenvalue weighted by Crippen LogP contribution is -2.23. The van der Waals surface area contributed by atoms with E-state index in [4.69, 9.17) is 0 Å². The standard InChI is InChI=1S/C11H12N2O3/c1-16-13-11(15)8-2-4-9-7(6-8)3-5-10(14)12-9/h2,4,6H,3,5H2,1H3,(H,12,14)(H,13,15). The van der Waals surface area contributed by atoms with Gasteiger partial charge in [-0.1, -0.05) is 0 Å². The number of amides is 2. The molecule has 1 aliphatic heterocycles. The van der Waals surface area contributed by atoms with E-state index in [0.29, 0.717) is 18.4 Å². The molecule has 0 aromatic heterocycles. The molecule has 0 atom stereocenters. The Morgan fingerprint density at radius 3 is 3.00 bits per heavy atom. The Morgan fingerprint density at radius 1 is 1.44 bits per heavy atom. The zero-order valence-electron chi connectivity index (χ0n) is 8.87. The van der Waals surface area contributed by atoms with Crippen molar-refractivity contribution in [2.24, 2.45) is 0 Å². The highest BCUT2D eigenvalue weighted by Crippen LogP contribution is 2.23. The van der Waals surface area contributed by atoms with Crippen molar-refractivity contribution in [2.45, 2.75) is 12.8 Å². The Hall–Kier alpha value is -1.88. The largest absolute Gasteiger partial charge is 0.326 e. The van der Waals surface area contributed by atoms with Crippen LogP contribution in [0.4, 0.5) is 5.69 Å². The number of hydrogen-bond acceptors (Lipinski definition) is 3. The van der Waals surface area contributed by atoms with E-state index >= 15 is 0 Å².